The van der Waals surface area contributed by atoms with E-state index in [1.54, 1.807) is 12.4 Å². The van der Waals surface area contributed by atoms with E-state index in [4.69, 9.17) is 5.73 Å². The van der Waals surface area contributed by atoms with Crippen molar-refractivity contribution in [1.29, 1.82) is 0 Å². The fourth-order valence-corrected chi connectivity index (χ4v) is 3.07. The molecule has 0 aliphatic heterocycles. The Morgan fingerprint density at radius 1 is 1.25 bits per heavy atom. The van der Waals surface area contributed by atoms with Crippen LogP contribution in [0.15, 0.2) is 23.3 Å². The van der Waals surface area contributed by atoms with Crippen molar-refractivity contribution >= 4 is 22.9 Å². The van der Waals surface area contributed by atoms with Crippen LogP contribution in [0.3, 0.4) is 0 Å². The van der Waals surface area contributed by atoms with Gasteiger partial charge in [0.15, 0.2) is 5.65 Å². The van der Waals surface area contributed by atoms with Crippen LogP contribution in [0, 0.1) is 0 Å². The van der Waals surface area contributed by atoms with Crippen molar-refractivity contribution in [3.8, 4) is 0 Å². The molecule has 0 unspecified atom stereocenters. The van der Waals surface area contributed by atoms with Crippen LogP contribution >= 0.6 is 0 Å². The normalized spacial score (nSPS) is 16.4. The standard InChI is InChI=1S/C13H14N6O/c14-12-15-7-9-11(17-12)19(8-3-1-2-4-8)13-16-10(20)5-6-18(9)13/h5-8H,1-4H2,(H2,14,15,17). The third-order valence-corrected chi connectivity index (χ3v) is 3.95. The molecule has 0 saturated heterocycles. The Kier molecular flexibility index (Phi) is 2.29. The van der Waals surface area contributed by atoms with Gasteiger partial charge in [-0.3, -0.25) is 13.8 Å². The predicted molar refractivity (Wildman–Crippen MR) is 74.5 cm³/mol. The highest BCUT2D eigenvalue weighted by molar-refractivity contribution is 5.77. The Hall–Kier alpha value is -2.44. The van der Waals surface area contributed by atoms with E-state index in [2.05, 4.69) is 15.0 Å². The first kappa shape index (κ1) is 11.4. The van der Waals surface area contributed by atoms with Gasteiger partial charge in [-0.2, -0.15) is 9.97 Å². The average molecular weight is 270 g/mol. The number of nitrogen functional groups attached to an aromatic ring is 1. The van der Waals surface area contributed by atoms with Crippen LogP contribution in [0.4, 0.5) is 5.95 Å². The zero-order chi connectivity index (χ0) is 13.7. The summed E-state index contributed by atoms with van der Waals surface area (Å²) in [5, 5.41) is 0. The van der Waals surface area contributed by atoms with Gasteiger partial charge < -0.3 is 5.73 Å². The van der Waals surface area contributed by atoms with Crippen LogP contribution in [0.5, 0.6) is 0 Å². The third-order valence-electron chi connectivity index (χ3n) is 3.95. The Morgan fingerprint density at radius 3 is 2.85 bits per heavy atom. The van der Waals surface area contributed by atoms with E-state index in [0.717, 1.165) is 24.0 Å². The smallest absolute Gasteiger partial charge is 0.274 e. The number of hydrogen-bond donors (Lipinski definition) is 1. The van der Waals surface area contributed by atoms with E-state index < -0.39 is 0 Å². The second-order valence-corrected chi connectivity index (χ2v) is 5.18. The zero-order valence-corrected chi connectivity index (χ0v) is 10.9. The molecule has 1 aliphatic rings. The predicted octanol–water partition coefficient (Wildman–Crippen LogP) is 1.14. The minimum absolute atomic E-state index is 0.238. The van der Waals surface area contributed by atoms with Crippen LogP contribution in [-0.2, 0) is 0 Å². The summed E-state index contributed by atoms with van der Waals surface area (Å²) in [6.07, 6.45) is 7.94. The van der Waals surface area contributed by atoms with Gasteiger partial charge in [-0.15, -0.1) is 0 Å². The highest BCUT2D eigenvalue weighted by atomic mass is 16.1. The average Bonchev–Trinajstić information content (AvgIpc) is 3.02. The van der Waals surface area contributed by atoms with E-state index in [9.17, 15) is 4.79 Å². The van der Waals surface area contributed by atoms with Crippen molar-refractivity contribution in [3.05, 3.63) is 28.8 Å². The van der Waals surface area contributed by atoms with E-state index in [1.807, 2.05) is 8.97 Å². The second kappa shape index (κ2) is 4.03. The third kappa shape index (κ3) is 1.52. The first-order chi connectivity index (χ1) is 9.74. The molecular weight excluding hydrogens is 256 g/mol. The molecule has 1 aliphatic carbocycles. The number of fused-ring (bicyclic) bond motifs is 3. The van der Waals surface area contributed by atoms with Gasteiger partial charge in [0.25, 0.3) is 5.56 Å². The highest BCUT2D eigenvalue weighted by Crippen LogP contribution is 2.33. The summed E-state index contributed by atoms with van der Waals surface area (Å²) in [5.41, 5.74) is 7.05. The van der Waals surface area contributed by atoms with Crippen molar-refractivity contribution in [3.63, 3.8) is 0 Å². The number of rotatable bonds is 1. The topological polar surface area (TPSA) is 91.1 Å². The lowest BCUT2D eigenvalue weighted by molar-refractivity contribution is 0.539. The molecule has 4 rings (SSSR count). The summed E-state index contributed by atoms with van der Waals surface area (Å²) in [4.78, 5) is 24.1. The minimum Gasteiger partial charge on any atom is -0.368 e. The van der Waals surface area contributed by atoms with Crippen LogP contribution in [-0.4, -0.2) is 23.9 Å². The number of nitrogens with zero attached hydrogens (tertiary/aromatic N) is 5. The van der Waals surface area contributed by atoms with Crippen molar-refractivity contribution in [2.24, 2.45) is 0 Å². The number of aromatic nitrogens is 5. The zero-order valence-electron chi connectivity index (χ0n) is 10.9. The van der Waals surface area contributed by atoms with Gasteiger partial charge in [-0.1, -0.05) is 12.8 Å². The molecule has 0 radical (unpaired) electrons. The van der Waals surface area contributed by atoms with Gasteiger partial charge in [0.2, 0.25) is 11.7 Å². The Labute approximate surface area is 114 Å². The molecule has 2 N–H and O–H groups in total. The lowest BCUT2D eigenvalue weighted by Gasteiger charge is -2.12. The minimum atomic E-state index is -0.243. The van der Waals surface area contributed by atoms with Crippen LogP contribution in [0.1, 0.15) is 31.7 Å². The van der Waals surface area contributed by atoms with E-state index in [-0.39, 0.29) is 11.5 Å². The molecule has 0 spiro atoms. The van der Waals surface area contributed by atoms with Gasteiger partial charge in [0.05, 0.1) is 6.20 Å². The summed E-state index contributed by atoms with van der Waals surface area (Å²) >= 11 is 0. The molecule has 3 aromatic heterocycles. The first-order valence-electron chi connectivity index (χ1n) is 6.76. The molecular formula is C13H14N6O. The number of nitrogens with two attached hydrogens (primary N) is 1. The van der Waals surface area contributed by atoms with Gasteiger partial charge in [0, 0.05) is 18.3 Å². The summed E-state index contributed by atoms with van der Waals surface area (Å²) in [5.74, 6) is 0.863. The van der Waals surface area contributed by atoms with Crippen LogP contribution in [0.2, 0.25) is 0 Å². The largest absolute Gasteiger partial charge is 0.368 e. The van der Waals surface area contributed by atoms with Crippen LogP contribution in [0.25, 0.3) is 16.9 Å². The quantitative estimate of drug-likeness (QED) is 0.716. The highest BCUT2D eigenvalue weighted by Gasteiger charge is 2.23. The SMILES string of the molecule is Nc1ncc2c(n1)n(C1CCCC1)c1nc(=O)ccn21. The number of hydrogen-bond acceptors (Lipinski definition) is 5. The van der Waals surface area contributed by atoms with Crippen molar-refractivity contribution < 1.29 is 0 Å². The van der Waals surface area contributed by atoms with Gasteiger partial charge in [0.1, 0.15) is 5.52 Å². The molecule has 3 aromatic rings. The molecule has 0 amide bonds. The van der Waals surface area contributed by atoms with E-state index in [1.165, 1.54) is 18.9 Å². The van der Waals surface area contributed by atoms with Gasteiger partial charge in [-0.25, -0.2) is 4.98 Å². The molecule has 0 bridgehead atoms. The summed E-state index contributed by atoms with van der Waals surface area (Å²) < 4.78 is 3.90. The monoisotopic (exact) mass is 270 g/mol. The molecule has 0 atom stereocenters. The molecule has 3 heterocycles. The Bertz CT molecular complexity index is 858. The maximum Gasteiger partial charge on any atom is 0.274 e. The summed E-state index contributed by atoms with van der Waals surface area (Å²) in [6.45, 7) is 0. The lowest BCUT2D eigenvalue weighted by Crippen LogP contribution is -2.12. The molecule has 1 fully saturated rings. The summed E-state index contributed by atoms with van der Waals surface area (Å²) in [7, 11) is 0. The molecule has 0 aromatic carbocycles. The second-order valence-electron chi connectivity index (χ2n) is 5.18. The van der Waals surface area contributed by atoms with E-state index >= 15 is 0 Å². The van der Waals surface area contributed by atoms with Gasteiger partial charge in [-0.05, 0) is 12.8 Å². The fraction of sp³-hybridized carbons (Fsp3) is 0.385. The molecule has 102 valence electrons. The maximum absolute atomic E-state index is 11.6. The van der Waals surface area contributed by atoms with Crippen molar-refractivity contribution in [2.45, 2.75) is 31.7 Å². The molecule has 7 heteroatoms. The Morgan fingerprint density at radius 2 is 2.05 bits per heavy atom. The van der Waals surface area contributed by atoms with Crippen LogP contribution < -0.4 is 11.3 Å². The van der Waals surface area contributed by atoms with Crippen molar-refractivity contribution in [2.75, 3.05) is 5.73 Å². The number of anilines is 1. The maximum atomic E-state index is 11.6. The molecule has 20 heavy (non-hydrogen) atoms. The van der Waals surface area contributed by atoms with E-state index in [0.29, 0.717) is 11.8 Å². The fourth-order valence-electron chi connectivity index (χ4n) is 3.07. The number of imidazole rings is 1. The molecule has 1 saturated carbocycles. The van der Waals surface area contributed by atoms with Gasteiger partial charge >= 0.3 is 0 Å². The van der Waals surface area contributed by atoms with Crippen molar-refractivity contribution in [1.82, 2.24) is 23.9 Å². The lowest BCUT2D eigenvalue weighted by atomic mass is 10.2. The summed E-state index contributed by atoms with van der Waals surface area (Å²) in [6, 6.07) is 1.77. The first-order valence-corrected chi connectivity index (χ1v) is 6.76. The molecule has 7 nitrogen and oxygen atoms in total. The Balaban J connectivity index is 2.16.